The van der Waals surface area contributed by atoms with Crippen LogP contribution in [0.5, 0.6) is 0 Å². The van der Waals surface area contributed by atoms with E-state index in [1.807, 2.05) is 13.8 Å². The molecule has 0 fully saturated rings. The summed E-state index contributed by atoms with van der Waals surface area (Å²) in [5, 5.41) is 11.4. The van der Waals surface area contributed by atoms with Crippen LogP contribution in [0.3, 0.4) is 0 Å². The number of anilines is 1. The quantitative estimate of drug-likeness (QED) is 0.890. The van der Waals surface area contributed by atoms with E-state index in [9.17, 15) is 0 Å². The zero-order valence-electron chi connectivity index (χ0n) is 14.0. The molecule has 0 spiro atoms. The van der Waals surface area contributed by atoms with Crippen LogP contribution in [0.1, 0.15) is 38.8 Å². The molecule has 0 bridgehead atoms. The lowest BCUT2D eigenvalue weighted by Crippen LogP contribution is -2.09. The lowest BCUT2D eigenvalue weighted by molar-refractivity contribution is 0.156. The number of nitrogens with one attached hydrogen (secondary N) is 1. The second-order valence-electron chi connectivity index (χ2n) is 6.46. The maximum absolute atomic E-state index is 5.73. The second kappa shape index (κ2) is 7.23. The molecule has 0 unspecified atom stereocenters. The normalized spacial score (nSPS) is 16.1. The van der Waals surface area contributed by atoms with E-state index >= 15 is 0 Å². The highest BCUT2D eigenvalue weighted by atomic mass is 16.5. The Morgan fingerprint density at radius 3 is 2.80 bits per heavy atom. The fraction of sp³-hybridized carbons (Fsp3) is 0.400. The van der Waals surface area contributed by atoms with Crippen molar-refractivity contribution in [1.82, 2.24) is 10.2 Å². The third-order valence-corrected chi connectivity index (χ3v) is 4.32. The van der Waals surface area contributed by atoms with E-state index in [0.29, 0.717) is 18.5 Å². The summed E-state index contributed by atoms with van der Waals surface area (Å²) in [5.74, 6) is 0.549. The van der Waals surface area contributed by atoms with E-state index in [4.69, 9.17) is 9.15 Å². The van der Waals surface area contributed by atoms with Gasteiger partial charge in [0, 0.05) is 11.6 Å². The summed E-state index contributed by atoms with van der Waals surface area (Å²) in [4.78, 5) is 0. The Balaban J connectivity index is 0.00000182. The standard InChI is InChI=1S/C19H21N3O2.CH4/c1-12(2)20-19-22-21-18(24-19)15-4-3-13-5-6-16(17(13)11-15)14-7-9-23-10-8-14;/h3-4,6-7,11-12H,5,8-10H2,1-2H3,(H,20,22);1H4. The minimum Gasteiger partial charge on any atom is -0.403 e. The summed E-state index contributed by atoms with van der Waals surface area (Å²) < 4.78 is 11.2. The van der Waals surface area contributed by atoms with Gasteiger partial charge >= 0.3 is 6.01 Å². The minimum atomic E-state index is 0. The number of allylic oxidation sites excluding steroid dienone is 2. The highest BCUT2D eigenvalue weighted by molar-refractivity contribution is 5.85. The lowest BCUT2D eigenvalue weighted by Gasteiger charge is -2.16. The third-order valence-electron chi connectivity index (χ3n) is 4.32. The van der Waals surface area contributed by atoms with E-state index in [2.05, 4.69) is 45.9 Å². The molecule has 25 heavy (non-hydrogen) atoms. The zero-order chi connectivity index (χ0) is 16.5. The van der Waals surface area contributed by atoms with Gasteiger partial charge in [0.05, 0.1) is 13.2 Å². The molecule has 4 rings (SSSR count). The molecule has 1 N–H and O–H groups in total. The van der Waals surface area contributed by atoms with E-state index < -0.39 is 0 Å². The number of nitrogens with zero attached hydrogens (tertiary/aromatic N) is 2. The molecular formula is C20H25N3O2. The van der Waals surface area contributed by atoms with Crippen molar-refractivity contribution in [3.63, 3.8) is 0 Å². The second-order valence-corrected chi connectivity index (χ2v) is 6.46. The number of hydrogen-bond donors (Lipinski definition) is 1. The fourth-order valence-corrected chi connectivity index (χ4v) is 3.18. The maximum atomic E-state index is 5.73. The SMILES string of the molecule is C.CC(C)Nc1nnc(-c2ccc3c(c2)C(C2=CCOCC2)=CC3)o1. The van der Waals surface area contributed by atoms with E-state index in [-0.39, 0.29) is 13.5 Å². The van der Waals surface area contributed by atoms with Crippen LogP contribution >= 0.6 is 0 Å². The molecule has 0 radical (unpaired) electrons. The average Bonchev–Trinajstić information content (AvgIpc) is 3.21. The number of aromatic nitrogens is 2. The number of fused-ring (bicyclic) bond motifs is 1. The molecule has 1 aliphatic heterocycles. The number of benzene rings is 1. The van der Waals surface area contributed by atoms with Crippen LogP contribution in [0.2, 0.25) is 0 Å². The van der Waals surface area contributed by atoms with Crippen LogP contribution in [0.25, 0.3) is 17.0 Å². The molecule has 1 aliphatic carbocycles. The van der Waals surface area contributed by atoms with Gasteiger partial charge < -0.3 is 14.5 Å². The molecule has 0 amide bonds. The predicted molar refractivity (Wildman–Crippen MR) is 100 cm³/mol. The van der Waals surface area contributed by atoms with Gasteiger partial charge in [-0.05, 0) is 61.1 Å². The molecular weight excluding hydrogens is 314 g/mol. The summed E-state index contributed by atoms with van der Waals surface area (Å²) in [6, 6.07) is 7.10. The molecule has 0 saturated carbocycles. The topological polar surface area (TPSA) is 60.2 Å². The highest BCUT2D eigenvalue weighted by Crippen LogP contribution is 2.37. The monoisotopic (exact) mass is 339 g/mol. The van der Waals surface area contributed by atoms with Crippen molar-refractivity contribution in [3.8, 4) is 11.5 Å². The van der Waals surface area contributed by atoms with Gasteiger partial charge in [0.1, 0.15) is 0 Å². The molecule has 1 aromatic carbocycles. The summed E-state index contributed by atoms with van der Waals surface area (Å²) in [5.41, 5.74) is 6.29. The van der Waals surface area contributed by atoms with Gasteiger partial charge in [-0.3, -0.25) is 0 Å². The average molecular weight is 339 g/mol. The van der Waals surface area contributed by atoms with Crippen molar-refractivity contribution in [1.29, 1.82) is 0 Å². The minimum absolute atomic E-state index is 0. The van der Waals surface area contributed by atoms with Crippen molar-refractivity contribution in [3.05, 3.63) is 47.1 Å². The Morgan fingerprint density at radius 2 is 2.04 bits per heavy atom. The van der Waals surface area contributed by atoms with Crippen molar-refractivity contribution >= 4 is 11.6 Å². The van der Waals surface area contributed by atoms with Gasteiger partial charge in [-0.15, -0.1) is 5.10 Å². The summed E-state index contributed by atoms with van der Waals surface area (Å²) in [7, 11) is 0. The molecule has 5 nitrogen and oxygen atoms in total. The first kappa shape index (κ1) is 17.4. The smallest absolute Gasteiger partial charge is 0.315 e. The molecule has 2 heterocycles. The fourth-order valence-electron chi connectivity index (χ4n) is 3.18. The first-order chi connectivity index (χ1) is 11.7. The largest absolute Gasteiger partial charge is 0.403 e. The van der Waals surface area contributed by atoms with Gasteiger partial charge in [-0.2, -0.15) is 0 Å². The van der Waals surface area contributed by atoms with Crippen LogP contribution < -0.4 is 5.32 Å². The Labute approximate surface area is 148 Å². The van der Waals surface area contributed by atoms with Crippen LogP contribution in [-0.2, 0) is 11.2 Å². The van der Waals surface area contributed by atoms with Gasteiger partial charge in [0.2, 0.25) is 5.89 Å². The van der Waals surface area contributed by atoms with E-state index in [1.54, 1.807) is 0 Å². The molecule has 132 valence electrons. The Bertz CT molecular complexity index is 818. The van der Waals surface area contributed by atoms with Crippen molar-refractivity contribution in [2.75, 3.05) is 18.5 Å². The van der Waals surface area contributed by atoms with E-state index in [0.717, 1.165) is 25.0 Å². The lowest BCUT2D eigenvalue weighted by atomic mass is 9.94. The first-order valence-corrected chi connectivity index (χ1v) is 8.42. The van der Waals surface area contributed by atoms with Gasteiger partial charge in [-0.1, -0.05) is 30.7 Å². The highest BCUT2D eigenvalue weighted by Gasteiger charge is 2.20. The molecule has 2 aliphatic rings. The molecule has 5 heteroatoms. The summed E-state index contributed by atoms with van der Waals surface area (Å²) >= 11 is 0. The van der Waals surface area contributed by atoms with Crippen LogP contribution in [0.4, 0.5) is 6.01 Å². The van der Waals surface area contributed by atoms with Crippen LogP contribution in [0.15, 0.2) is 40.3 Å². The third kappa shape index (κ3) is 3.51. The van der Waals surface area contributed by atoms with Gasteiger partial charge in [0.15, 0.2) is 0 Å². The Kier molecular flexibility index (Phi) is 5.04. The Morgan fingerprint density at radius 1 is 1.16 bits per heavy atom. The Hall–Kier alpha value is -2.40. The van der Waals surface area contributed by atoms with Gasteiger partial charge in [0.25, 0.3) is 0 Å². The van der Waals surface area contributed by atoms with Crippen molar-refractivity contribution in [2.45, 2.75) is 40.2 Å². The van der Waals surface area contributed by atoms with Crippen LogP contribution in [0, 0.1) is 0 Å². The maximum Gasteiger partial charge on any atom is 0.315 e. The summed E-state index contributed by atoms with van der Waals surface area (Å²) in [6.07, 6.45) is 6.45. The van der Waals surface area contributed by atoms with Gasteiger partial charge in [-0.25, -0.2) is 0 Å². The number of hydrogen-bond acceptors (Lipinski definition) is 5. The predicted octanol–water partition coefficient (Wildman–Crippen LogP) is 4.48. The van der Waals surface area contributed by atoms with E-state index in [1.165, 1.54) is 22.3 Å². The molecule has 0 saturated heterocycles. The first-order valence-electron chi connectivity index (χ1n) is 8.42. The van der Waals surface area contributed by atoms with Crippen LogP contribution in [-0.4, -0.2) is 29.5 Å². The van der Waals surface area contributed by atoms with Crippen molar-refractivity contribution in [2.24, 2.45) is 0 Å². The molecule has 1 aromatic heterocycles. The molecule has 0 atom stereocenters. The zero-order valence-corrected chi connectivity index (χ0v) is 14.0. The number of rotatable bonds is 4. The number of ether oxygens (including phenoxy) is 1. The summed E-state index contributed by atoms with van der Waals surface area (Å²) in [6.45, 7) is 5.58. The molecule has 2 aromatic rings. The van der Waals surface area contributed by atoms with Crippen molar-refractivity contribution < 1.29 is 9.15 Å².